The van der Waals surface area contributed by atoms with Gasteiger partial charge in [-0.3, -0.25) is 4.21 Å². The molecule has 0 N–H and O–H groups in total. The average Bonchev–Trinajstić information content (AvgIpc) is 2.75. The molecule has 0 bridgehead atoms. The van der Waals surface area contributed by atoms with Crippen LogP contribution >= 0.6 is 22.9 Å². The first-order valence-corrected chi connectivity index (χ1v) is 8.29. The topological polar surface area (TPSA) is 30.0 Å². The zero-order valence-corrected chi connectivity index (χ0v) is 12.6. The molecule has 0 saturated carbocycles. The van der Waals surface area contributed by atoms with Crippen LogP contribution in [0.25, 0.3) is 11.3 Å². The maximum Gasteiger partial charge on any atom is 0.135 e. The first kappa shape index (κ1) is 15.3. The molecule has 0 aliphatic carbocycles. The summed E-state index contributed by atoms with van der Waals surface area (Å²) in [4.78, 5) is 4.12. The number of rotatable bonds is 5. The Labute approximate surface area is 126 Å². The van der Waals surface area contributed by atoms with Gasteiger partial charge in [-0.15, -0.1) is 11.3 Å². The van der Waals surface area contributed by atoms with Crippen LogP contribution < -0.4 is 0 Å². The lowest BCUT2D eigenvalue weighted by Gasteiger charge is -2.00. The zero-order chi connectivity index (χ0) is 14.7. The van der Waals surface area contributed by atoms with Crippen LogP contribution in [0.3, 0.4) is 0 Å². The molecule has 2 nitrogen and oxygen atoms in total. The van der Waals surface area contributed by atoms with E-state index in [1.165, 1.54) is 29.5 Å². The van der Waals surface area contributed by atoms with Gasteiger partial charge < -0.3 is 0 Å². The van der Waals surface area contributed by atoms with E-state index in [2.05, 4.69) is 11.6 Å². The quantitative estimate of drug-likeness (QED) is 0.825. The van der Waals surface area contributed by atoms with Crippen LogP contribution in [0.1, 0.15) is 5.01 Å². The molecular weight excluding hydrogens is 324 g/mol. The van der Waals surface area contributed by atoms with Gasteiger partial charge in [-0.1, -0.05) is 24.2 Å². The van der Waals surface area contributed by atoms with Gasteiger partial charge in [0.15, 0.2) is 0 Å². The van der Waals surface area contributed by atoms with Crippen molar-refractivity contribution in [3.8, 4) is 11.3 Å². The maximum absolute atomic E-state index is 13.6. The Morgan fingerprint density at radius 1 is 1.40 bits per heavy atom. The molecule has 7 heteroatoms. The largest absolute Gasteiger partial charge is 0.259 e. The van der Waals surface area contributed by atoms with Gasteiger partial charge in [0, 0.05) is 21.2 Å². The van der Waals surface area contributed by atoms with E-state index in [1.807, 2.05) is 0 Å². The van der Waals surface area contributed by atoms with E-state index < -0.39 is 22.4 Å². The van der Waals surface area contributed by atoms with Gasteiger partial charge in [-0.2, -0.15) is 0 Å². The fraction of sp³-hybridized carbons (Fsp3) is 0.154. The third-order valence-electron chi connectivity index (χ3n) is 2.37. The Morgan fingerprint density at radius 3 is 2.65 bits per heavy atom. The van der Waals surface area contributed by atoms with Crippen molar-refractivity contribution in [2.45, 2.75) is 5.75 Å². The molecular formula is C13H10ClF2NOS2. The molecule has 0 spiro atoms. The summed E-state index contributed by atoms with van der Waals surface area (Å²) >= 11 is 6.78. The molecule has 0 aliphatic rings. The van der Waals surface area contributed by atoms with E-state index in [1.54, 1.807) is 5.38 Å². The van der Waals surface area contributed by atoms with Crippen molar-refractivity contribution < 1.29 is 13.0 Å². The molecule has 20 heavy (non-hydrogen) atoms. The lowest BCUT2D eigenvalue weighted by molar-refractivity contribution is 0.589. The molecule has 1 atom stereocenters. The minimum Gasteiger partial charge on any atom is -0.259 e. The summed E-state index contributed by atoms with van der Waals surface area (Å²) in [6, 6.07) is 3.64. The summed E-state index contributed by atoms with van der Waals surface area (Å²) in [5, 5.41) is 2.39. The van der Waals surface area contributed by atoms with Gasteiger partial charge in [0.25, 0.3) is 0 Å². The molecule has 2 rings (SSSR count). The number of aromatic nitrogens is 1. The molecule has 106 valence electrons. The van der Waals surface area contributed by atoms with Crippen LogP contribution in [0.4, 0.5) is 8.78 Å². The smallest absolute Gasteiger partial charge is 0.135 e. The molecule has 2 aromatic rings. The van der Waals surface area contributed by atoms with Crippen molar-refractivity contribution >= 4 is 33.7 Å². The van der Waals surface area contributed by atoms with E-state index in [0.29, 0.717) is 10.0 Å². The first-order valence-electron chi connectivity index (χ1n) is 5.54. The van der Waals surface area contributed by atoms with Crippen molar-refractivity contribution in [3.63, 3.8) is 0 Å². The second kappa shape index (κ2) is 6.56. The molecule has 0 amide bonds. The van der Waals surface area contributed by atoms with E-state index in [9.17, 15) is 13.0 Å². The second-order valence-corrected chi connectivity index (χ2v) is 6.90. The summed E-state index contributed by atoms with van der Waals surface area (Å²) in [7, 11) is -1.23. The standard InChI is InChI=1S/C13H10ClF2NOS2/c1-8(14)6-20(18)7-12-17-11(5-19-12)13-9(15)3-2-4-10(13)16/h2-5H,1,6-7H2. The highest BCUT2D eigenvalue weighted by molar-refractivity contribution is 7.84. The van der Waals surface area contributed by atoms with Gasteiger partial charge in [0.05, 0.1) is 22.8 Å². The summed E-state index contributed by atoms with van der Waals surface area (Å²) < 4.78 is 38.9. The van der Waals surface area contributed by atoms with Gasteiger partial charge in [-0.25, -0.2) is 13.8 Å². The number of hydrogen-bond acceptors (Lipinski definition) is 3. The van der Waals surface area contributed by atoms with Gasteiger partial charge in [0.1, 0.15) is 16.6 Å². The predicted octanol–water partition coefficient (Wildman–Crippen LogP) is 4.09. The number of hydrogen-bond donors (Lipinski definition) is 0. The van der Waals surface area contributed by atoms with Crippen LogP contribution in [0.5, 0.6) is 0 Å². The maximum atomic E-state index is 13.6. The predicted molar refractivity (Wildman–Crippen MR) is 79.2 cm³/mol. The van der Waals surface area contributed by atoms with E-state index in [0.717, 1.165) is 0 Å². The second-order valence-electron chi connectivity index (χ2n) is 3.97. The molecule has 1 aromatic heterocycles. The highest BCUT2D eigenvalue weighted by atomic mass is 35.5. The van der Waals surface area contributed by atoms with Crippen molar-refractivity contribution in [1.82, 2.24) is 4.98 Å². The highest BCUT2D eigenvalue weighted by Gasteiger charge is 2.15. The fourth-order valence-corrected chi connectivity index (χ4v) is 3.99. The molecule has 1 heterocycles. The van der Waals surface area contributed by atoms with Crippen molar-refractivity contribution in [3.05, 3.63) is 51.8 Å². The van der Waals surface area contributed by atoms with E-state index >= 15 is 0 Å². The van der Waals surface area contributed by atoms with Gasteiger partial charge >= 0.3 is 0 Å². The monoisotopic (exact) mass is 333 g/mol. The summed E-state index contributed by atoms with van der Waals surface area (Å²) in [5.41, 5.74) is 0.0461. The number of halogens is 3. The molecule has 1 unspecified atom stereocenters. The highest BCUT2D eigenvalue weighted by Crippen LogP contribution is 2.27. The molecule has 1 aromatic carbocycles. The number of thiazole rings is 1. The summed E-state index contributed by atoms with van der Waals surface area (Å²) in [6.07, 6.45) is 0. The van der Waals surface area contributed by atoms with Crippen molar-refractivity contribution in [1.29, 1.82) is 0 Å². The van der Waals surface area contributed by atoms with E-state index in [4.69, 9.17) is 11.6 Å². The minimum atomic E-state index is -1.23. The molecule has 0 aliphatic heterocycles. The Bertz CT molecular complexity index is 652. The summed E-state index contributed by atoms with van der Waals surface area (Å²) in [6.45, 7) is 3.47. The van der Waals surface area contributed by atoms with Crippen molar-refractivity contribution in [2.75, 3.05) is 5.75 Å². The Morgan fingerprint density at radius 2 is 2.05 bits per heavy atom. The fourth-order valence-electron chi connectivity index (χ4n) is 1.60. The van der Waals surface area contributed by atoms with Crippen LogP contribution in [0.15, 0.2) is 35.2 Å². The van der Waals surface area contributed by atoms with Crippen LogP contribution in [0.2, 0.25) is 0 Å². The number of nitrogens with zero attached hydrogens (tertiary/aromatic N) is 1. The molecule has 0 saturated heterocycles. The lowest BCUT2D eigenvalue weighted by atomic mass is 10.1. The normalized spacial score (nSPS) is 12.3. The third-order valence-corrected chi connectivity index (χ3v) is 4.96. The first-order chi connectivity index (χ1) is 9.47. The van der Waals surface area contributed by atoms with Crippen LogP contribution in [0, 0.1) is 11.6 Å². The Balaban J connectivity index is 2.21. The Hall–Kier alpha value is -1.11. The third kappa shape index (κ3) is 3.71. The van der Waals surface area contributed by atoms with Gasteiger partial charge in [0.2, 0.25) is 0 Å². The van der Waals surface area contributed by atoms with Crippen molar-refractivity contribution in [2.24, 2.45) is 0 Å². The molecule has 0 radical (unpaired) electrons. The number of benzene rings is 1. The zero-order valence-electron chi connectivity index (χ0n) is 10.2. The van der Waals surface area contributed by atoms with Crippen LogP contribution in [-0.4, -0.2) is 14.9 Å². The summed E-state index contributed by atoms with van der Waals surface area (Å²) in [5.74, 6) is -0.981. The molecule has 0 fully saturated rings. The SMILES string of the molecule is C=C(Cl)CS(=O)Cc1nc(-c2c(F)cccc2F)cs1. The Kier molecular flexibility index (Phi) is 5.01. The average molecular weight is 334 g/mol. The van der Waals surface area contributed by atoms with Gasteiger partial charge in [-0.05, 0) is 12.1 Å². The minimum absolute atomic E-state index is 0.164. The van der Waals surface area contributed by atoms with Crippen LogP contribution in [-0.2, 0) is 16.6 Å². The van der Waals surface area contributed by atoms with E-state index in [-0.39, 0.29) is 22.8 Å². The lowest BCUT2D eigenvalue weighted by Crippen LogP contribution is -2.00.